The Morgan fingerprint density at radius 3 is 2.43 bits per heavy atom. The maximum atomic E-state index is 13.6. The van der Waals surface area contributed by atoms with Gasteiger partial charge in [-0.1, -0.05) is 17.3 Å². The number of alkyl halides is 2. The zero-order valence-corrected chi connectivity index (χ0v) is 20.1. The molecule has 202 valence electrons. The van der Waals surface area contributed by atoms with Crippen LogP contribution in [0, 0.1) is 0 Å². The van der Waals surface area contributed by atoms with Gasteiger partial charge in [-0.15, -0.1) is 0 Å². The summed E-state index contributed by atoms with van der Waals surface area (Å²) in [4.78, 5) is 52.1. The Morgan fingerprint density at radius 2 is 1.76 bits per heavy atom. The van der Waals surface area contributed by atoms with Crippen molar-refractivity contribution >= 4 is 26.2 Å². The molecule has 1 fully saturated rings. The first-order chi connectivity index (χ1) is 17.2. The standard InChI is InChI=1S/C18H19F2N3O12P2/c19-18(20,36(28,29)30)37(31,32)33-8-12-14(25)15(26)16(34-12)22-6-5-13(24)23(17(22)27)7-10-9-3-1-2-4-11(9)35-21-10/h1-6,12,14-16,25-26H,7-8H2,(H,31,32)(H2,28,29,30)/t12-,14?,15+,16-/m1/s1. The second kappa shape index (κ2) is 9.62. The Morgan fingerprint density at radius 1 is 1.08 bits per heavy atom. The minimum absolute atomic E-state index is 0.233. The van der Waals surface area contributed by atoms with E-state index >= 15 is 0 Å². The lowest BCUT2D eigenvalue weighted by Gasteiger charge is -2.24. The topological polar surface area (TPSA) is 224 Å². The lowest BCUT2D eigenvalue weighted by atomic mass is 10.1. The largest absolute Gasteiger partial charge is 0.443 e. The van der Waals surface area contributed by atoms with Crippen LogP contribution in [-0.2, 0) is 24.9 Å². The summed E-state index contributed by atoms with van der Waals surface area (Å²) in [7, 11) is -12.7. The number of aliphatic hydroxyl groups is 2. The fourth-order valence-electron chi connectivity index (χ4n) is 3.59. The molecule has 2 aromatic heterocycles. The first-order valence-electron chi connectivity index (χ1n) is 10.2. The van der Waals surface area contributed by atoms with Gasteiger partial charge in [0.2, 0.25) is 0 Å². The van der Waals surface area contributed by atoms with Crippen LogP contribution in [0.5, 0.6) is 0 Å². The van der Waals surface area contributed by atoms with E-state index in [4.69, 9.17) is 19.0 Å². The number of aliphatic hydroxyl groups excluding tert-OH is 2. The maximum Gasteiger partial charge on any atom is 0.443 e. The summed E-state index contributed by atoms with van der Waals surface area (Å²) in [6.07, 6.45) is -6.44. The van der Waals surface area contributed by atoms with Crippen molar-refractivity contribution in [3.63, 3.8) is 0 Å². The van der Waals surface area contributed by atoms with E-state index in [1.165, 1.54) is 0 Å². The highest BCUT2D eigenvalue weighted by molar-refractivity contribution is 7.72. The van der Waals surface area contributed by atoms with Crippen molar-refractivity contribution in [2.24, 2.45) is 0 Å². The number of benzene rings is 1. The van der Waals surface area contributed by atoms with E-state index in [-0.39, 0.29) is 12.2 Å². The van der Waals surface area contributed by atoms with E-state index in [1.54, 1.807) is 24.3 Å². The Balaban J connectivity index is 1.57. The molecule has 0 spiro atoms. The second-order valence-electron chi connectivity index (χ2n) is 7.97. The summed E-state index contributed by atoms with van der Waals surface area (Å²) >= 11 is 0. The number of fused-ring (bicyclic) bond motifs is 1. The third-order valence-electron chi connectivity index (χ3n) is 5.57. The van der Waals surface area contributed by atoms with Gasteiger partial charge in [0.1, 0.15) is 24.0 Å². The highest BCUT2D eigenvalue weighted by Crippen LogP contribution is 2.73. The van der Waals surface area contributed by atoms with Gasteiger partial charge in [-0.25, -0.2) is 4.79 Å². The molecule has 0 aliphatic carbocycles. The average Bonchev–Trinajstić information content (AvgIpc) is 3.35. The van der Waals surface area contributed by atoms with Gasteiger partial charge < -0.3 is 38.7 Å². The number of ether oxygens (including phenoxy) is 1. The molecule has 15 nitrogen and oxygen atoms in total. The summed E-state index contributed by atoms with van der Waals surface area (Å²) in [5, 5.41) is 19.5. The van der Waals surface area contributed by atoms with Crippen LogP contribution in [0.15, 0.2) is 50.6 Å². The Hall–Kier alpha value is -2.59. The number of hydrogen-bond donors (Lipinski definition) is 5. The van der Waals surface area contributed by atoms with Crippen LogP contribution in [0.3, 0.4) is 0 Å². The minimum Gasteiger partial charge on any atom is -0.387 e. The molecule has 5 atom stereocenters. The molecule has 1 aliphatic rings. The summed E-state index contributed by atoms with van der Waals surface area (Å²) in [6.45, 7) is -1.67. The van der Waals surface area contributed by atoms with Crippen molar-refractivity contribution in [2.75, 3.05) is 6.61 Å². The van der Waals surface area contributed by atoms with Crippen LogP contribution in [0.1, 0.15) is 11.9 Å². The van der Waals surface area contributed by atoms with Gasteiger partial charge in [0.05, 0.1) is 13.2 Å². The molecule has 2 unspecified atom stereocenters. The number of aromatic nitrogens is 3. The number of nitrogens with zero attached hydrogens (tertiary/aromatic N) is 3. The molecular weight excluding hydrogens is 550 g/mol. The van der Waals surface area contributed by atoms with Gasteiger partial charge in [0, 0.05) is 17.6 Å². The monoisotopic (exact) mass is 569 g/mol. The number of para-hydroxylation sites is 1. The van der Waals surface area contributed by atoms with E-state index < -0.39 is 63.0 Å². The molecule has 1 aromatic carbocycles. The van der Waals surface area contributed by atoms with Crippen molar-refractivity contribution in [3.05, 3.63) is 63.1 Å². The first-order valence-corrected chi connectivity index (χ1v) is 13.4. The van der Waals surface area contributed by atoms with Crippen LogP contribution in [-0.4, -0.2) is 69.5 Å². The molecule has 37 heavy (non-hydrogen) atoms. The fourth-order valence-corrected chi connectivity index (χ4v) is 5.58. The van der Waals surface area contributed by atoms with Crippen LogP contribution in [0.4, 0.5) is 8.78 Å². The van der Waals surface area contributed by atoms with E-state index in [0.29, 0.717) is 15.5 Å². The molecule has 4 rings (SSSR count). The van der Waals surface area contributed by atoms with Gasteiger partial charge in [-0.3, -0.25) is 23.1 Å². The SMILES string of the molecule is O=c1ccn([C@@H]2O[C@H](COP(=O)(O)C(F)(F)P(=O)(O)O)C(O)[C@@H]2O)c(=O)n1Cc1noc2ccccc12. The molecular formula is C18H19F2N3O12P2. The van der Waals surface area contributed by atoms with Crippen LogP contribution >= 0.6 is 15.2 Å². The lowest BCUT2D eigenvalue weighted by molar-refractivity contribution is -0.0551. The summed E-state index contributed by atoms with van der Waals surface area (Å²) in [6, 6.07) is 7.58. The summed E-state index contributed by atoms with van der Waals surface area (Å²) < 4.78 is 65.8. The number of hydrogen-bond acceptors (Lipinski definition) is 10. The van der Waals surface area contributed by atoms with E-state index in [0.717, 1.165) is 16.8 Å². The molecule has 0 radical (unpaired) electrons. The normalized spacial score (nSPS) is 24.4. The molecule has 3 aromatic rings. The minimum atomic E-state index is -6.41. The summed E-state index contributed by atoms with van der Waals surface area (Å²) in [5.41, 5.74) is -1.16. The van der Waals surface area contributed by atoms with Gasteiger partial charge in [-0.2, -0.15) is 8.78 Å². The van der Waals surface area contributed by atoms with Crippen LogP contribution in [0.2, 0.25) is 0 Å². The Kier molecular flexibility index (Phi) is 7.13. The predicted molar refractivity (Wildman–Crippen MR) is 117 cm³/mol. The Bertz CT molecular complexity index is 1530. The predicted octanol–water partition coefficient (Wildman–Crippen LogP) is -0.251. The highest BCUT2D eigenvalue weighted by Gasteiger charge is 2.65. The zero-order chi connectivity index (χ0) is 27.3. The first kappa shape index (κ1) is 27.4. The zero-order valence-electron chi connectivity index (χ0n) is 18.3. The average molecular weight is 569 g/mol. The molecule has 19 heteroatoms. The van der Waals surface area contributed by atoms with Gasteiger partial charge in [0.15, 0.2) is 11.8 Å². The van der Waals surface area contributed by atoms with Crippen molar-refractivity contribution in [1.29, 1.82) is 0 Å². The molecule has 1 saturated heterocycles. The van der Waals surface area contributed by atoms with Crippen LogP contribution in [0.25, 0.3) is 11.0 Å². The van der Waals surface area contributed by atoms with Crippen molar-refractivity contribution in [1.82, 2.24) is 14.3 Å². The molecule has 0 amide bonds. The maximum absolute atomic E-state index is 13.6. The highest BCUT2D eigenvalue weighted by atomic mass is 31.2. The van der Waals surface area contributed by atoms with E-state index in [2.05, 4.69) is 9.68 Å². The van der Waals surface area contributed by atoms with Crippen molar-refractivity contribution < 1.29 is 56.6 Å². The van der Waals surface area contributed by atoms with Gasteiger partial charge in [0.25, 0.3) is 5.56 Å². The quantitative estimate of drug-likeness (QED) is 0.221. The molecule has 1 aliphatic heterocycles. The third kappa shape index (κ3) is 4.85. The third-order valence-corrected chi connectivity index (χ3v) is 8.99. The number of halogens is 2. The Labute approximate surface area is 203 Å². The second-order valence-corrected chi connectivity index (χ2v) is 11.8. The lowest BCUT2D eigenvalue weighted by Crippen LogP contribution is -2.43. The smallest absolute Gasteiger partial charge is 0.387 e. The summed E-state index contributed by atoms with van der Waals surface area (Å²) in [5.74, 6) is 0. The van der Waals surface area contributed by atoms with Crippen LogP contribution < -0.4 is 11.2 Å². The van der Waals surface area contributed by atoms with Gasteiger partial charge in [-0.05, 0) is 12.1 Å². The fraction of sp³-hybridized carbons (Fsp3) is 0.389. The molecule has 0 saturated carbocycles. The van der Waals surface area contributed by atoms with E-state index in [1.807, 2.05) is 0 Å². The molecule has 3 heterocycles. The van der Waals surface area contributed by atoms with Crippen molar-refractivity contribution in [3.8, 4) is 0 Å². The molecule has 0 bridgehead atoms. The van der Waals surface area contributed by atoms with Gasteiger partial charge >= 0.3 is 26.3 Å². The van der Waals surface area contributed by atoms with Crippen molar-refractivity contribution in [2.45, 2.75) is 36.5 Å². The number of rotatable bonds is 8. The molecule has 5 N–H and O–H groups in total. The van der Waals surface area contributed by atoms with E-state index in [9.17, 15) is 42.6 Å².